The zero-order chi connectivity index (χ0) is 52.4. The van der Waals surface area contributed by atoms with Crippen LogP contribution in [0, 0.1) is 0 Å². The third-order valence-corrected chi connectivity index (χ3v) is 14.6. The Bertz CT molecular complexity index is 1260. The van der Waals surface area contributed by atoms with E-state index in [0.717, 1.165) is 38.5 Å². The Hall–Kier alpha value is -1.50. The zero-order valence-electron chi connectivity index (χ0n) is 45.4. The summed E-state index contributed by atoms with van der Waals surface area (Å²) < 4.78 is 33.7. The van der Waals surface area contributed by atoms with Gasteiger partial charge in [-0.15, -0.1) is 0 Å². The monoisotopic (exact) mass is 1030 g/mol. The third kappa shape index (κ3) is 31.5. The highest BCUT2D eigenvalue weighted by Crippen LogP contribution is 2.27. The van der Waals surface area contributed by atoms with Gasteiger partial charge in [-0.3, -0.25) is 9.59 Å². The van der Waals surface area contributed by atoms with Crippen LogP contribution in [-0.2, 0) is 38.0 Å². The van der Waals surface area contributed by atoms with E-state index in [1.807, 2.05) is 0 Å². The fraction of sp³-hybridized carbons (Fsp3) is 0.965. The molecule has 0 radical (unpaired) electrons. The van der Waals surface area contributed by atoms with Gasteiger partial charge in [-0.2, -0.15) is 0 Å². The quantitative estimate of drug-likeness (QED) is 0.0222. The molecule has 11 atom stereocenters. The Morgan fingerprint density at radius 3 is 1.08 bits per heavy atom. The molecule has 0 spiro atoms. The predicted octanol–water partition coefficient (Wildman–Crippen LogP) is 9.95. The number of rotatable bonds is 48. The molecule has 0 aliphatic carbocycles. The van der Waals surface area contributed by atoms with E-state index in [1.165, 1.54) is 180 Å². The molecule has 2 rings (SSSR count). The molecule has 2 aliphatic rings. The van der Waals surface area contributed by atoms with Gasteiger partial charge < -0.3 is 64.2 Å². The molecule has 0 aromatic rings. The molecule has 2 fully saturated rings. The molecule has 72 heavy (non-hydrogen) atoms. The highest BCUT2D eigenvalue weighted by molar-refractivity contribution is 5.70. The van der Waals surface area contributed by atoms with E-state index in [9.17, 15) is 45.3 Å². The van der Waals surface area contributed by atoms with Crippen LogP contribution in [0.5, 0.6) is 0 Å². The van der Waals surface area contributed by atoms with E-state index in [2.05, 4.69) is 13.8 Å². The number of hydrogen-bond donors (Lipinski definition) is 7. The maximum atomic E-state index is 13.1. The lowest BCUT2D eigenvalue weighted by Crippen LogP contribution is -2.61. The second-order valence-corrected chi connectivity index (χ2v) is 21.2. The molecule has 2 saturated heterocycles. The molecular weight excluding hydrogens is 925 g/mol. The second kappa shape index (κ2) is 44.6. The summed E-state index contributed by atoms with van der Waals surface area (Å²) in [5, 5.41) is 72.3. The van der Waals surface area contributed by atoms with Gasteiger partial charge in [0.05, 0.1) is 19.8 Å². The van der Waals surface area contributed by atoms with Gasteiger partial charge in [0.1, 0.15) is 55.4 Å². The summed E-state index contributed by atoms with van der Waals surface area (Å²) in [6.45, 7) is 2.65. The first-order chi connectivity index (χ1) is 35.0. The maximum Gasteiger partial charge on any atom is 0.306 e. The van der Waals surface area contributed by atoms with Crippen molar-refractivity contribution in [1.82, 2.24) is 0 Å². The van der Waals surface area contributed by atoms with Crippen molar-refractivity contribution in [2.75, 3.05) is 26.4 Å². The molecule has 0 saturated carbocycles. The Morgan fingerprint density at radius 2 is 0.708 bits per heavy atom. The molecule has 0 aromatic heterocycles. The van der Waals surface area contributed by atoms with Crippen molar-refractivity contribution in [1.29, 1.82) is 0 Å². The van der Waals surface area contributed by atoms with E-state index in [4.69, 9.17) is 28.4 Å². The van der Waals surface area contributed by atoms with Crippen LogP contribution < -0.4 is 0 Å². The van der Waals surface area contributed by atoms with Crippen LogP contribution in [0.1, 0.15) is 258 Å². The Kier molecular flexibility index (Phi) is 41.3. The van der Waals surface area contributed by atoms with Crippen molar-refractivity contribution in [3.8, 4) is 0 Å². The normalized spacial score (nSPS) is 24.9. The zero-order valence-corrected chi connectivity index (χ0v) is 45.4. The van der Waals surface area contributed by atoms with Gasteiger partial charge in [0.2, 0.25) is 0 Å². The van der Waals surface area contributed by atoms with E-state index < -0.39 is 92.7 Å². The topological polar surface area (TPSA) is 231 Å². The van der Waals surface area contributed by atoms with E-state index in [-0.39, 0.29) is 26.1 Å². The molecule has 0 amide bonds. The fourth-order valence-corrected chi connectivity index (χ4v) is 9.75. The van der Waals surface area contributed by atoms with Gasteiger partial charge in [0.25, 0.3) is 0 Å². The number of ether oxygens (including phenoxy) is 6. The summed E-state index contributed by atoms with van der Waals surface area (Å²) in [5.41, 5.74) is 0. The van der Waals surface area contributed by atoms with Gasteiger partial charge in [-0.1, -0.05) is 232 Å². The average Bonchev–Trinajstić information content (AvgIpc) is 3.37. The van der Waals surface area contributed by atoms with Crippen LogP contribution in [0.2, 0.25) is 0 Å². The van der Waals surface area contributed by atoms with Gasteiger partial charge in [-0.25, -0.2) is 0 Å². The number of aliphatic hydroxyl groups is 7. The predicted molar refractivity (Wildman–Crippen MR) is 280 cm³/mol. The minimum absolute atomic E-state index is 0.174. The smallest absolute Gasteiger partial charge is 0.306 e. The molecule has 2 aliphatic heterocycles. The first-order valence-electron chi connectivity index (χ1n) is 29.6. The Balaban J connectivity index is 1.72. The molecular formula is C57H108O15. The number of esters is 2. The second-order valence-electron chi connectivity index (χ2n) is 21.2. The average molecular weight is 1030 g/mol. The van der Waals surface area contributed by atoms with Gasteiger partial charge in [0.15, 0.2) is 18.7 Å². The van der Waals surface area contributed by atoms with Crippen LogP contribution in [0.15, 0.2) is 0 Å². The first kappa shape index (κ1) is 66.6. The molecule has 2 heterocycles. The largest absolute Gasteiger partial charge is 0.462 e. The lowest BCUT2D eigenvalue weighted by molar-refractivity contribution is -0.332. The molecule has 15 nitrogen and oxygen atoms in total. The molecule has 426 valence electrons. The number of carbonyl (C=O) groups excluding carboxylic acids is 2. The van der Waals surface area contributed by atoms with Crippen molar-refractivity contribution < 1.29 is 73.8 Å². The van der Waals surface area contributed by atoms with Crippen molar-refractivity contribution in [2.24, 2.45) is 0 Å². The summed E-state index contributed by atoms with van der Waals surface area (Å²) in [5.74, 6) is -0.904. The molecule has 11 unspecified atom stereocenters. The van der Waals surface area contributed by atoms with E-state index >= 15 is 0 Å². The lowest BCUT2D eigenvalue weighted by Gasteiger charge is -2.42. The molecule has 15 heteroatoms. The number of aliphatic hydroxyl groups excluding tert-OH is 7. The van der Waals surface area contributed by atoms with Crippen LogP contribution in [0.25, 0.3) is 0 Å². The van der Waals surface area contributed by atoms with Crippen molar-refractivity contribution in [3.63, 3.8) is 0 Å². The third-order valence-electron chi connectivity index (χ3n) is 14.6. The van der Waals surface area contributed by atoms with Crippen LogP contribution >= 0.6 is 0 Å². The maximum absolute atomic E-state index is 13.1. The van der Waals surface area contributed by atoms with Crippen LogP contribution in [0.4, 0.5) is 0 Å². The summed E-state index contributed by atoms with van der Waals surface area (Å²) >= 11 is 0. The van der Waals surface area contributed by atoms with Crippen molar-refractivity contribution in [3.05, 3.63) is 0 Å². The fourth-order valence-electron chi connectivity index (χ4n) is 9.75. The first-order valence-corrected chi connectivity index (χ1v) is 29.6. The summed E-state index contributed by atoms with van der Waals surface area (Å²) in [4.78, 5) is 25.9. The molecule has 0 aromatic carbocycles. The van der Waals surface area contributed by atoms with Crippen LogP contribution in [-0.4, -0.2) is 142 Å². The minimum atomic E-state index is -1.76. The standard InChI is InChI=1S/C57H108O15/c1-3-5-7-9-11-13-15-17-19-20-21-22-23-24-25-26-28-30-32-34-36-38-40-49(60)70-45(42-67-48(59)39-37-35-33-31-29-27-18-16-14-12-10-8-6-4-2)43-68-56-55(66)53(64)51(62)47(72-56)44-69-57-54(65)52(63)50(61)46(41-58)71-57/h45-47,50-58,61-66H,3-44H2,1-2H3. The number of unbranched alkanes of at least 4 members (excludes halogenated alkanes) is 34. The summed E-state index contributed by atoms with van der Waals surface area (Å²) in [6.07, 6.45) is 28.4. The van der Waals surface area contributed by atoms with Gasteiger partial charge in [-0.05, 0) is 12.8 Å². The highest BCUT2D eigenvalue weighted by atomic mass is 16.7. The van der Waals surface area contributed by atoms with Crippen molar-refractivity contribution >= 4 is 11.9 Å². The van der Waals surface area contributed by atoms with Crippen LogP contribution in [0.3, 0.4) is 0 Å². The van der Waals surface area contributed by atoms with E-state index in [1.54, 1.807) is 0 Å². The Morgan fingerprint density at radius 1 is 0.389 bits per heavy atom. The Labute approximate surface area is 436 Å². The van der Waals surface area contributed by atoms with Gasteiger partial charge >= 0.3 is 11.9 Å². The van der Waals surface area contributed by atoms with E-state index in [0.29, 0.717) is 12.8 Å². The molecule has 0 bridgehead atoms. The van der Waals surface area contributed by atoms with Gasteiger partial charge in [0, 0.05) is 12.8 Å². The van der Waals surface area contributed by atoms with Crippen molar-refractivity contribution in [2.45, 2.75) is 325 Å². The number of hydrogen-bond acceptors (Lipinski definition) is 15. The lowest BCUT2D eigenvalue weighted by atomic mass is 9.98. The molecule has 7 N–H and O–H groups in total. The minimum Gasteiger partial charge on any atom is -0.462 e. The number of carbonyl (C=O) groups is 2. The summed E-state index contributed by atoms with van der Waals surface area (Å²) in [6, 6.07) is 0. The summed E-state index contributed by atoms with van der Waals surface area (Å²) in [7, 11) is 0. The highest BCUT2D eigenvalue weighted by Gasteiger charge is 2.47. The SMILES string of the molecule is CCCCCCCCCCCCCCCCCCCCCCCCC(=O)OC(COC(=O)CCCCCCCCCCCCCCCC)COC1OC(COC2OC(CO)C(O)C(O)C2O)C(O)C(O)C1O.